The van der Waals surface area contributed by atoms with Crippen molar-refractivity contribution in [2.24, 2.45) is 5.92 Å². The summed E-state index contributed by atoms with van der Waals surface area (Å²) >= 11 is 0. The third-order valence-corrected chi connectivity index (χ3v) is 7.21. The lowest BCUT2D eigenvalue weighted by molar-refractivity contribution is -0.134. The molecule has 0 radical (unpaired) electrons. The van der Waals surface area contributed by atoms with Gasteiger partial charge in [0.25, 0.3) is 11.8 Å². The van der Waals surface area contributed by atoms with Gasteiger partial charge in [-0.15, -0.1) is 0 Å². The number of ether oxygens (including phenoxy) is 1. The normalized spacial score (nSPS) is 20.9. The quantitative estimate of drug-likeness (QED) is 0.615. The molecule has 1 atom stereocenters. The number of hydrogen-bond donors (Lipinski definition) is 1. The van der Waals surface area contributed by atoms with Gasteiger partial charge in [-0.3, -0.25) is 14.5 Å². The van der Waals surface area contributed by atoms with Crippen LogP contribution < -0.4 is 5.32 Å². The van der Waals surface area contributed by atoms with Crippen molar-refractivity contribution < 1.29 is 23.5 Å². The first-order valence-corrected chi connectivity index (χ1v) is 12.0. The topological polar surface area (TPSA) is 79.0 Å². The van der Waals surface area contributed by atoms with Crippen molar-refractivity contribution in [1.29, 1.82) is 0 Å². The van der Waals surface area contributed by atoms with Crippen molar-refractivity contribution in [1.82, 2.24) is 15.1 Å². The van der Waals surface area contributed by atoms with Crippen LogP contribution in [0.25, 0.3) is 0 Å². The third kappa shape index (κ3) is 4.93. The van der Waals surface area contributed by atoms with Crippen LogP contribution in [0.3, 0.4) is 0 Å². The smallest absolute Gasteiger partial charge is 0.325 e. The lowest BCUT2D eigenvalue weighted by atomic mass is 9.73. The average molecular weight is 482 g/mol. The number of urea groups is 1. The van der Waals surface area contributed by atoms with Crippen LogP contribution in [0.1, 0.15) is 39.9 Å². The molecule has 2 heterocycles. The number of imide groups is 1. The molecule has 7 nitrogen and oxygen atoms in total. The van der Waals surface area contributed by atoms with Gasteiger partial charge in [0.15, 0.2) is 0 Å². The number of likely N-dealkylation sites (tertiary alicyclic amines) is 1. The Bertz CT molecular complexity index is 1110. The molecule has 35 heavy (non-hydrogen) atoms. The molecule has 4 rings (SSSR count). The number of hydrogen-bond acceptors (Lipinski definition) is 4. The first kappa shape index (κ1) is 24.9. The number of halogens is 1. The summed E-state index contributed by atoms with van der Waals surface area (Å²) in [5.41, 5.74) is 2.36. The number of carbonyl (C=O) groups excluding carboxylic acids is 3. The van der Waals surface area contributed by atoms with E-state index in [2.05, 4.69) is 5.32 Å². The summed E-state index contributed by atoms with van der Waals surface area (Å²) < 4.78 is 18.6. The van der Waals surface area contributed by atoms with Crippen molar-refractivity contribution in [3.63, 3.8) is 0 Å². The minimum absolute atomic E-state index is 0.0166. The highest BCUT2D eigenvalue weighted by Crippen LogP contribution is 2.37. The summed E-state index contributed by atoms with van der Waals surface area (Å²) in [5, 5.41) is 2.98. The van der Waals surface area contributed by atoms with Gasteiger partial charge in [0.2, 0.25) is 0 Å². The highest BCUT2D eigenvalue weighted by Gasteiger charge is 2.55. The maximum Gasteiger partial charge on any atom is 0.325 e. The molecule has 2 aliphatic heterocycles. The van der Waals surface area contributed by atoms with Gasteiger partial charge in [0.05, 0.1) is 13.2 Å². The number of benzene rings is 2. The number of nitrogens with zero attached hydrogens (tertiary/aromatic N) is 2. The zero-order valence-electron chi connectivity index (χ0n) is 20.5. The van der Waals surface area contributed by atoms with Crippen LogP contribution in [0, 0.1) is 25.6 Å². The number of carbonyl (C=O) groups is 3. The molecule has 0 aliphatic carbocycles. The van der Waals surface area contributed by atoms with Crippen LogP contribution in [-0.4, -0.2) is 66.5 Å². The number of nitrogens with one attached hydrogen (secondary N) is 1. The second-order valence-corrected chi connectivity index (χ2v) is 9.54. The second-order valence-electron chi connectivity index (χ2n) is 9.54. The summed E-state index contributed by atoms with van der Waals surface area (Å²) in [5.74, 6) is -0.829. The van der Waals surface area contributed by atoms with Gasteiger partial charge in [-0.05, 0) is 61.9 Å². The first-order valence-electron chi connectivity index (χ1n) is 12.0. The molecular weight excluding hydrogens is 449 g/mol. The Balaban J connectivity index is 1.56. The zero-order chi connectivity index (χ0) is 25.2. The first-order chi connectivity index (χ1) is 16.7. The zero-order valence-corrected chi connectivity index (χ0v) is 20.5. The fourth-order valence-corrected chi connectivity index (χ4v) is 5.29. The predicted octanol–water partition coefficient (Wildman–Crippen LogP) is 3.47. The molecular formula is C27H32FN3O4. The maximum atomic E-state index is 13.7. The van der Waals surface area contributed by atoms with E-state index in [1.807, 2.05) is 36.9 Å². The lowest BCUT2D eigenvalue weighted by Crippen LogP contribution is -2.58. The van der Waals surface area contributed by atoms with Gasteiger partial charge in [-0.2, -0.15) is 0 Å². The monoisotopic (exact) mass is 481 g/mol. The molecule has 0 aromatic heterocycles. The molecule has 0 saturated carbocycles. The Morgan fingerprint density at radius 2 is 1.80 bits per heavy atom. The number of amides is 4. The van der Waals surface area contributed by atoms with Crippen LogP contribution in [0.5, 0.6) is 0 Å². The summed E-state index contributed by atoms with van der Waals surface area (Å²) in [6.45, 7) is 5.32. The van der Waals surface area contributed by atoms with E-state index in [1.165, 1.54) is 24.1 Å². The second kappa shape index (κ2) is 10.2. The fourth-order valence-electron chi connectivity index (χ4n) is 5.29. The Morgan fingerprint density at radius 1 is 1.11 bits per heavy atom. The van der Waals surface area contributed by atoms with Gasteiger partial charge >= 0.3 is 6.03 Å². The van der Waals surface area contributed by atoms with E-state index < -0.39 is 11.6 Å². The lowest BCUT2D eigenvalue weighted by Gasteiger charge is -2.41. The van der Waals surface area contributed by atoms with Crippen LogP contribution in [0.4, 0.5) is 9.18 Å². The van der Waals surface area contributed by atoms with Crippen molar-refractivity contribution in [3.8, 4) is 0 Å². The van der Waals surface area contributed by atoms with E-state index in [0.29, 0.717) is 31.5 Å². The molecule has 2 aromatic rings. The molecule has 1 unspecified atom stereocenters. The average Bonchev–Trinajstić information content (AvgIpc) is 3.08. The van der Waals surface area contributed by atoms with Crippen molar-refractivity contribution in [2.75, 3.05) is 33.4 Å². The van der Waals surface area contributed by atoms with Crippen LogP contribution in [-0.2, 0) is 16.0 Å². The summed E-state index contributed by atoms with van der Waals surface area (Å²) in [6, 6.07) is 11.4. The van der Waals surface area contributed by atoms with E-state index >= 15 is 0 Å². The van der Waals surface area contributed by atoms with Crippen molar-refractivity contribution in [2.45, 2.75) is 38.6 Å². The highest BCUT2D eigenvalue weighted by molar-refractivity contribution is 6.07. The van der Waals surface area contributed by atoms with Crippen LogP contribution >= 0.6 is 0 Å². The number of rotatable bonds is 7. The Kier molecular flexibility index (Phi) is 7.21. The van der Waals surface area contributed by atoms with E-state index in [-0.39, 0.29) is 43.1 Å². The van der Waals surface area contributed by atoms with Gasteiger partial charge in [0.1, 0.15) is 11.4 Å². The molecule has 2 saturated heterocycles. The van der Waals surface area contributed by atoms with Gasteiger partial charge < -0.3 is 15.0 Å². The molecule has 0 bridgehead atoms. The molecule has 2 aliphatic rings. The Morgan fingerprint density at radius 3 is 2.43 bits per heavy atom. The summed E-state index contributed by atoms with van der Waals surface area (Å²) in [4.78, 5) is 42.7. The number of piperidine rings is 1. The third-order valence-electron chi connectivity index (χ3n) is 7.21. The Hall–Kier alpha value is -3.26. The van der Waals surface area contributed by atoms with Crippen molar-refractivity contribution in [3.05, 3.63) is 70.5 Å². The van der Waals surface area contributed by atoms with Crippen LogP contribution in [0.15, 0.2) is 42.5 Å². The standard InChI is InChI=1S/C27H32FN3O4/c1-18-4-9-23(19(2)16-18)24(32)30-12-10-21(11-13-30)27(17-20-5-7-22(28)8-6-20)25(33)31(14-15-35-3)26(34)29-27/h4-9,16,21H,10-15,17H2,1-3H3,(H,29,34). The molecule has 4 amide bonds. The minimum Gasteiger partial charge on any atom is -0.383 e. The summed E-state index contributed by atoms with van der Waals surface area (Å²) in [7, 11) is 1.52. The summed E-state index contributed by atoms with van der Waals surface area (Å²) in [6.07, 6.45) is 1.40. The molecule has 0 spiro atoms. The molecule has 8 heteroatoms. The largest absolute Gasteiger partial charge is 0.383 e. The molecule has 1 N–H and O–H groups in total. The maximum absolute atomic E-state index is 13.7. The van der Waals surface area contributed by atoms with E-state index in [1.54, 1.807) is 12.1 Å². The van der Waals surface area contributed by atoms with E-state index in [4.69, 9.17) is 4.74 Å². The molecule has 2 fully saturated rings. The van der Waals surface area contributed by atoms with E-state index in [9.17, 15) is 18.8 Å². The highest BCUT2D eigenvalue weighted by atomic mass is 19.1. The molecule has 186 valence electrons. The van der Waals surface area contributed by atoms with Crippen molar-refractivity contribution >= 4 is 17.8 Å². The van der Waals surface area contributed by atoms with Gasteiger partial charge in [0, 0.05) is 32.2 Å². The Labute approximate surface area is 205 Å². The number of aryl methyl sites for hydroxylation is 2. The van der Waals surface area contributed by atoms with E-state index in [0.717, 1.165) is 16.7 Å². The molecule has 2 aromatic carbocycles. The number of methoxy groups -OCH3 is 1. The SMILES string of the molecule is COCCN1C(=O)NC(Cc2ccc(F)cc2)(C2CCN(C(=O)c3ccc(C)cc3C)CC2)C1=O. The van der Waals surface area contributed by atoms with Crippen LogP contribution in [0.2, 0.25) is 0 Å². The van der Waals surface area contributed by atoms with Gasteiger partial charge in [-0.25, -0.2) is 9.18 Å². The minimum atomic E-state index is -1.14. The predicted molar refractivity (Wildman–Crippen MR) is 129 cm³/mol. The van der Waals surface area contributed by atoms with Gasteiger partial charge in [-0.1, -0.05) is 29.8 Å². The fraction of sp³-hybridized carbons (Fsp3) is 0.444.